The summed E-state index contributed by atoms with van der Waals surface area (Å²) in [4.78, 5) is 0. The Balaban J connectivity index is 0. The predicted molar refractivity (Wildman–Crippen MR) is 42.4 cm³/mol. The fourth-order valence-electron chi connectivity index (χ4n) is 0.769. The van der Waals surface area contributed by atoms with Gasteiger partial charge in [0, 0.05) is 5.75 Å². The Labute approximate surface area is 93.0 Å². The molecular weight excluding hydrogens is 171 g/mol. The fourth-order valence-corrected chi connectivity index (χ4v) is 1.52. The van der Waals surface area contributed by atoms with Gasteiger partial charge in [-0.05, 0) is 11.8 Å². The molecule has 0 saturated carbocycles. The third-order valence-corrected chi connectivity index (χ3v) is 2.22. The molecule has 0 spiro atoms. The molecule has 60 valence electrons. The van der Waals surface area contributed by atoms with Crippen molar-refractivity contribution in [3.05, 3.63) is 12.7 Å². The average Bonchev–Trinajstić information content (AvgIpc) is 1.59. The van der Waals surface area contributed by atoms with Crippen LogP contribution in [0, 0.1) is 5.41 Å². The molecule has 0 rings (SSSR count). The second-order valence-electron chi connectivity index (χ2n) is 3.11. The van der Waals surface area contributed by atoms with Crippen LogP contribution in [0.4, 0.5) is 0 Å². The summed E-state index contributed by atoms with van der Waals surface area (Å²) in [5.74, 6) is 0.207. The molecule has 0 radical (unpaired) electrons. The van der Waals surface area contributed by atoms with Crippen LogP contribution in [0.15, 0.2) is 12.7 Å². The van der Waals surface area contributed by atoms with Gasteiger partial charge in [-0.1, -0.05) is 31.0 Å². The predicted octanol–water partition coefficient (Wildman–Crippen LogP) is -1.53. The zero-order chi connectivity index (χ0) is 8.20. The maximum Gasteiger partial charge on any atom is 1.00 e. The normalized spacial score (nSPS) is 13.4. The van der Waals surface area contributed by atoms with E-state index in [2.05, 4.69) is 6.58 Å². The van der Waals surface area contributed by atoms with Crippen molar-refractivity contribution in [3.8, 4) is 0 Å². The van der Waals surface area contributed by atoms with Crippen LogP contribution < -0.4 is 29.6 Å². The molecule has 0 N–H and O–H groups in total. The molecule has 2 nitrogen and oxygen atoms in total. The van der Waals surface area contributed by atoms with Gasteiger partial charge in [0.2, 0.25) is 0 Å². The quantitative estimate of drug-likeness (QED) is 0.302. The molecular formula is C7H13NaO2S. The molecule has 0 aromatic carbocycles. The molecule has 0 heterocycles. The molecule has 4 heteroatoms. The smallest absolute Gasteiger partial charge is 0.772 e. The first-order valence-corrected chi connectivity index (χ1v) is 4.39. The summed E-state index contributed by atoms with van der Waals surface area (Å²) in [6, 6.07) is 0. The zero-order valence-corrected chi connectivity index (χ0v) is 10.2. The van der Waals surface area contributed by atoms with Crippen molar-refractivity contribution in [1.82, 2.24) is 0 Å². The topological polar surface area (TPSA) is 40.1 Å². The van der Waals surface area contributed by atoms with Gasteiger partial charge in [-0.15, -0.1) is 6.58 Å². The van der Waals surface area contributed by atoms with E-state index in [1.807, 2.05) is 13.8 Å². The molecule has 0 bridgehead atoms. The van der Waals surface area contributed by atoms with E-state index in [9.17, 15) is 8.76 Å². The van der Waals surface area contributed by atoms with Crippen molar-refractivity contribution in [2.24, 2.45) is 5.41 Å². The van der Waals surface area contributed by atoms with Crippen molar-refractivity contribution in [2.75, 3.05) is 5.75 Å². The molecule has 1 unspecified atom stereocenters. The van der Waals surface area contributed by atoms with E-state index in [0.717, 1.165) is 6.42 Å². The van der Waals surface area contributed by atoms with Crippen LogP contribution in [-0.2, 0) is 11.1 Å². The number of rotatable bonds is 4. The van der Waals surface area contributed by atoms with Crippen molar-refractivity contribution in [2.45, 2.75) is 20.3 Å². The van der Waals surface area contributed by atoms with Crippen LogP contribution in [0.25, 0.3) is 0 Å². The first-order valence-electron chi connectivity index (χ1n) is 3.15. The standard InChI is InChI=1S/C7H14O2S.Na/c1-4-5-7(2,3)6-10(8)9;/h4H,1,5-6H2,2-3H3,(H,8,9);/q;+1/p-1. The molecule has 0 aliphatic heterocycles. The maximum absolute atomic E-state index is 10.3. The van der Waals surface area contributed by atoms with Gasteiger partial charge in [-0.2, -0.15) is 0 Å². The van der Waals surface area contributed by atoms with Gasteiger partial charge in [0.1, 0.15) is 0 Å². The molecule has 0 aliphatic carbocycles. The summed E-state index contributed by atoms with van der Waals surface area (Å²) in [5.41, 5.74) is -0.158. The number of hydrogen-bond acceptors (Lipinski definition) is 2. The summed E-state index contributed by atoms with van der Waals surface area (Å²) in [7, 11) is 0. The van der Waals surface area contributed by atoms with E-state index in [-0.39, 0.29) is 40.7 Å². The van der Waals surface area contributed by atoms with Gasteiger partial charge >= 0.3 is 29.6 Å². The Kier molecular flexibility index (Phi) is 8.33. The van der Waals surface area contributed by atoms with Crippen molar-refractivity contribution in [3.63, 3.8) is 0 Å². The Morgan fingerprint density at radius 3 is 2.36 bits per heavy atom. The van der Waals surface area contributed by atoms with E-state index in [1.165, 1.54) is 0 Å². The van der Waals surface area contributed by atoms with Crippen LogP contribution in [-0.4, -0.2) is 14.5 Å². The Morgan fingerprint density at radius 2 is 2.09 bits per heavy atom. The molecule has 0 saturated heterocycles. The fraction of sp³-hybridized carbons (Fsp3) is 0.714. The van der Waals surface area contributed by atoms with Crippen molar-refractivity contribution < 1.29 is 38.3 Å². The molecule has 0 fully saturated rings. The van der Waals surface area contributed by atoms with Crippen molar-refractivity contribution in [1.29, 1.82) is 0 Å². The van der Waals surface area contributed by atoms with E-state index in [1.54, 1.807) is 6.08 Å². The van der Waals surface area contributed by atoms with Crippen LogP contribution in [0.1, 0.15) is 20.3 Å². The summed E-state index contributed by atoms with van der Waals surface area (Å²) in [6.07, 6.45) is 2.48. The van der Waals surface area contributed by atoms with Crippen LogP contribution >= 0.6 is 0 Å². The van der Waals surface area contributed by atoms with Crippen LogP contribution in [0.3, 0.4) is 0 Å². The summed E-state index contributed by atoms with van der Waals surface area (Å²) < 4.78 is 20.5. The third-order valence-electron chi connectivity index (χ3n) is 1.21. The summed E-state index contributed by atoms with van der Waals surface area (Å²) in [6.45, 7) is 7.37. The van der Waals surface area contributed by atoms with E-state index in [0.29, 0.717) is 0 Å². The first-order chi connectivity index (χ1) is 4.48. The third kappa shape index (κ3) is 8.76. The molecule has 1 atom stereocenters. The van der Waals surface area contributed by atoms with E-state index < -0.39 is 11.1 Å². The Morgan fingerprint density at radius 1 is 1.64 bits per heavy atom. The Bertz CT molecular complexity index is 145. The molecule has 0 aromatic rings. The van der Waals surface area contributed by atoms with Crippen molar-refractivity contribution >= 4 is 11.1 Å². The number of hydrogen-bond donors (Lipinski definition) is 0. The zero-order valence-electron chi connectivity index (χ0n) is 7.42. The van der Waals surface area contributed by atoms with Gasteiger partial charge in [0.25, 0.3) is 0 Å². The summed E-state index contributed by atoms with van der Waals surface area (Å²) >= 11 is -1.93. The van der Waals surface area contributed by atoms with Gasteiger partial charge in [-0.3, -0.25) is 4.21 Å². The van der Waals surface area contributed by atoms with Gasteiger partial charge < -0.3 is 4.55 Å². The van der Waals surface area contributed by atoms with Crippen LogP contribution in [0.2, 0.25) is 0 Å². The van der Waals surface area contributed by atoms with E-state index in [4.69, 9.17) is 0 Å². The van der Waals surface area contributed by atoms with E-state index >= 15 is 0 Å². The minimum atomic E-state index is -1.93. The first kappa shape index (κ1) is 14.4. The van der Waals surface area contributed by atoms with Gasteiger partial charge in [0.05, 0.1) is 0 Å². The average molecular weight is 184 g/mol. The summed E-state index contributed by atoms with van der Waals surface area (Å²) in [5, 5.41) is 0. The molecule has 0 amide bonds. The second kappa shape index (κ2) is 6.38. The minimum Gasteiger partial charge on any atom is -0.772 e. The SMILES string of the molecule is C=CCC(C)(C)CS(=O)[O-].[Na+]. The monoisotopic (exact) mass is 184 g/mol. The van der Waals surface area contributed by atoms with Crippen LogP contribution in [0.5, 0.6) is 0 Å². The molecule has 0 aliphatic rings. The van der Waals surface area contributed by atoms with Gasteiger partial charge in [0.15, 0.2) is 0 Å². The largest absolute Gasteiger partial charge is 1.00 e. The molecule has 11 heavy (non-hydrogen) atoms. The minimum absolute atomic E-state index is 0. The molecule has 0 aromatic heterocycles. The maximum atomic E-state index is 10.3. The van der Waals surface area contributed by atoms with Gasteiger partial charge in [-0.25, -0.2) is 0 Å². The second-order valence-corrected chi connectivity index (χ2v) is 4.00. The Hall–Kier alpha value is 0.850. The number of allylic oxidation sites excluding steroid dienone is 1.